The lowest BCUT2D eigenvalue weighted by Gasteiger charge is -2.27. The molecular formula is C10H20BN3O3. The smallest absolute Gasteiger partial charge is 0.426 e. The lowest BCUT2D eigenvalue weighted by atomic mass is 9.61. The van der Waals surface area contributed by atoms with Crippen LogP contribution in [-0.2, 0) is 4.79 Å². The molecule has 0 amide bonds. The molecule has 0 bridgehead atoms. The van der Waals surface area contributed by atoms with Crippen LogP contribution in [0.4, 0.5) is 0 Å². The van der Waals surface area contributed by atoms with E-state index in [1.807, 2.05) is 0 Å². The second-order valence-electron chi connectivity index (χ2n) is 4.87. The highest BCUT2D eigenvalue weighted by Gasteiger charge is 2.50. The molecule has 17 heavy (non-hydrogen) atoms. The molecule has 2 aliphatic heterocycles. The predicted molar refractivity (Wildman–Crippen MR) is 64.4 cm³/mol. The Hall–Kier alpha value is -0.465. The summed E-state index contributed by atoms with van der Waals surface area (Å²) in [7, 11) is -1.62. The Morgan fingerprint density at radius 3 is 2.82 bits per heavy atom. The average Bonchev–Trinajstić information content (AvgIpc) is 2.97. The van der Waals surface area contributed by atoms with Crippen molar-refractivity contribution >= 4 is 12.9 Å². The zero-order chi connectivity index (χ0) is 12.3. The van der Waals surface area contributed by atoms with Crippen LogP contribution in [0.3, 0.4) is 0 Å². The van der Waals surface area contributed by atoms with Gasteiger partial charge >= 0.3 is 7.12 Å². The predicted octanol–water partition coefficient (Wildman–Crippen LogP) is -2.36. The van der Waals surface area contributed by atoms with Gasteiger partial charge in [-0.3, -0.25) is 4.79 Å². The molecule has 0 aromatic carbocycles. The standard InChI is InChI=1S/C10H20BN3O3/c15-9(7-13-8-2-5-12-6-8)10(11(16)17)3-1-4-14-10/h8,12-14,16-17H,1-7H2/t8-,10-/m1/s1. The molecule has 5 N–H and O–H groups in total. The lowest BCUT2D eigenvalue weighted by molar-refractivity contribution is -0.122. The molecule has 0 spiro atoms. The van der Waals surface area contributed by atoms with Crippen molar-refractivity contribution in [3.05, 3.63) is 0 Å². The van der Waals surface area contributed by atoms with E-state index >= 15 is 0 Å². The first kappa shape index (κ1) is 13.0. The van der Waals surface area contributed by atoms with Crippen molar-refractivity contribution in [3.8, 4) is 0 Å². The molecular weight excluding hydrogens is 221 g/mol. The van der Waals surface area contributed by atoms with Gasteiger partial charge in [0, 0.05) is 12.6 Å². The second kappa shape index (κ2) is 5.45. The quantitative estimate of drug-likeness (QED) is 0.346. The van der Waals surface area contributed by atoms with Crippen LogP contribution in [0.25, 0.3) is 0 Å². The topological polar surface area (TPSA) is 93.6 Å². The van der Waals surface area contributed by atoms with Gasteiger partial charge in [-0.05, 0) is 32.4 Å². The molecule has 6 nitrogen and oxygen atoms in total. The van der Waals surface area contributed by atoms with Gasteiger partial charge in [-0.15, -0.1) is 0 Å². The average molecular weight is 241 g/mol. The molecule has 2 saturated heterocycles. The number of Topliss-reactive ketones (excluding diaryl/α,β-unsaturated/α-hetero) is 1. The lowest BCUT2D eigenvalue weighted by Crippen LogP contribution is -2.62. The first-order chi connectivity index (χ1) is 8.15. The Morgan fingerprint density at radius 2 is 2.29 bits per heavy atom. The van der Waals surface area contributed by atoms with Crippen LogP contribution in [0.1, 0.15) is 19.3 Å². The zero-order valence-corrected chi connectivity index (χ0v) is 9.91. The number of rotatable bonds is 5. The number of hydrogen-bond acceptors (Lipinski definition) is 6. The van der Waals surface area contributed by atoms with Crippen molar-refractivity contribution in [2.45, 2.75) is 30.7 Å². The van der Waals surface area contributed by atoms with Gasteiger partial charge in [-0.25, -0.2) is 0 Å². The van der Waals surface area contributed by atoms with Crippen LogP contribution in [0.5, 0.6) is 0 Å². The number of nitrogens with one attached hydrogen (secondary N) is 3. The van der Waals surface area contributed by atoms with Gasteiger partial charge in [-0.2, -0.15) is 0 Å². The van der Waals surface area contributed by atoms with Crippen molar-refractivity contribution in [1.29, 1.82) is 0 Å². The van der Waals surface area contributed by atoms with Gasteiger partial charge in [-0.1, -0.05) is 0 Å². The molecule has 2 heterocycles. The van der Waals surface area contributed by atoms with Crippen molar-refractivity contribution in [2.75, 3.05) is 26.2 Å². The molecule has 96 valence electrons. The van der Waals surface area contributed by atoms with Gasteiger partial charge in [0.1, 0.15) is 5.44 Å². The van der Waals surface area contributed by atoms with Crippen molar-refractivity contribution in [3.63, 3.8) is 0 Å². The first-order valence-corrected chi connectivity index (χ1v) is 6.24. The highest BCUT2D eigenvalue weighted by atomic mass is 16.4. The molecule has 2 atom stereocenters. The number of ketones is 1. The van der Waals surface area contributed by atoms with Gasteiger partial charge < -0.3 is 26.0 Å². The van der Waals surface area contributed by atoms with Gasteiger partial charge in [0.15, 0.2) is 5.78 Å². The van der Waals surface area contributed by atoms with E-state index in [-0.39, 0.29) is 12.3 Å². The molecule has 0 aromatic heterocycles. The minimum absolute atomic E-state index is 0.156. The van der Waals surface area contributed by atoms with Crippen LogP contribution < -0.4 is 16.0 Å². The van der Waals surface area contributed by atoms with Crippen molar-refractivity contribution in [2.24, 2.45) is 0 Å². The van der Waals surface area contributed by atoms with E-state index in [4.69, 9.17) is 0 Å². The third-order valence-electron chi connectivity index (χ3n) is 3.74. The Kier molecular flexibility index (Phi) is 4.16. The third kappa shape index (κ3) is 2.69. The Morgan fingerprint density at radius 1 is 1.47 bits per heavy atom. The Labute approximate surface area is 101 Å². The summed E-state index contributed by atoms with van der Waals surface area (Å²) in [5, 5.41) is 28.1. The fourth-order valence-corrected chi connectivity index (χ4v) is 2.59. The van der Waals surface area contributed by atoms with Crippen molar-refractivity contribution < 1.29 is 14.8 Å². The maximum absolute atomic E-state index is 12.1. The summed E-state index contributed by atoms with van der Waals surface area (Å²) in [6.07, 6.45) is 2.30. The molecule has 0 unspecified atom stereocenters. The summed E-state index contributed by atoms with van der Waals surface area (Å²) in [4.78, 5) is 12.1. The largest absolute Gasteiger partial charge is 0.481 e. The molecule has 7 heteroatoms. The van der Waals surface area contributed by atoms with E-state index < -0.39 is 12.6 Å². The maximum atomic E-state index is 12.1. The molecule has 0 aliphatic carbocycles. The van der Waals surface area contributed by atoms with E-state index in [1.54, 1.807) is 0 Å². The van der Waals surface area contributed by atoms with E-state index in [2.05, 4.69) is 16.0 Å². The Bertz CT molecular complexity index is 276. The minimum atomic E-state index is -1.62. The van der Waals surface area contributed by atoms with E-state index in [0.29, 0.717) is 19.0 Å². The van der Waals surface area contributed by atoms with Crippen LogP contribution in [-0.4, -0.2) is 60.6 Å². The minimum Gasteiger partial charge on any atom is -0.426 e. The van der Waals surface area contributed by atoms with Crippen LogP contribution in [0, 0.1) is 0 Å². The second-order valence-corrected chi connectivity index (χ2v) is 4.87. The number of hydrogen-bond donors (Lipinski definition) is 5. The van der Waals surface area contributed by atoms with Gasteiger partial charge in [0.25, 0.3) is 0 Å². The summed E-state index contributed by atoms with van der Waals surface area (Å²) >= 11 is 0. The molecule has 0 radical (unpaired) electrons. The zero-order valence-electron chi connectivity index (χ0n) is 9.91. The summed E-state index contributed by atoms with van der Waals surface area (Å²) in [5.74, 6) is -0.156. The van der Waals surface area contributed by atoms with Crippen LogP contribution >= 0.6 is 0 Å². The third-order valence-corrected chi connectivity index (χ3v) is 3.74. The summed E-state index contributed by atoms with van der Waals surface area (Å²) in [6.45, 7) is 2.69. The molecule has 2 aliphatic rings. The van der Waals surface area contributed by atoms with Gasteiger partial charge in [0.2, 0.25) is 0 Å². The number of carbonyl (C=O) groups is 1. The van der Waals surface area contributed by atoms with Crippen molar-refractivity contribution in [1.82, 2.24) is 16.0 Å². The normalized spacial score (nSPS) is 32.9. The van der Waals surface area contributed by atoms with Gasteiger partial charge in [0.05, 0.1) is 6.54 Å². The van der Waals surface area contributed by atoms with E-state index in [0.717, 1.165) is 25.9 Å². The van der Waals surface area contributed by atoms with Crippen LogP contribution in [0.15, 0.2) is 0 Å². The summed E-state index contributed by atoms with van der Waals surface area (Å²) in [6, 6.07) is 0.313. The van der Waals surface area contributed by atoms with Crippen LogP contribution in [0.2, 0.25) is 0 Å². The molecule has 2 fully saturated rings. The summed E-state index contributed by atoms with van der Waals surface area (Å²) < 4.78 is 0. The van der Waals surface area contributed by atoms with E-state index in [1.165, 1.54) is 0 Å². The highest BCUT2D eigenvalue weighted by molar-refractivity contribution is 6.52. The monoisotopic (exact) mass is 241 g/mol. The SMILES string of the molecule is O=C(CN[C@@H]1CCNC1)[C@@]1(B(O)O)CCCN1. The first-order valence-electron chi connectivity index (χ1n) is 6.24. The Balaban J connectivity index is 1.88. The number of carbonyl (C=O) groups excluding carboxylic acids is 1. The van der Waals surface area contributed by atoms with E-state index in [9.17, 15) is 14.8 Å². The fraction of sp³-hybridized carbons (Fsp3) is 0.900. The molecule has 0 aromatic rings. The summed E-state index contributed by atoms with van der Waals surface area (Å²) in [5.41, 5.74) is -1.15. The maximum Gasteiger partial charge on any atom is 0.481 e. The molecule has 2 rings (SSSR count). The highest BCUT2D eigenvalue weighted by Crippen LogP contribution is 2.21. The fourth-order valence-electron chi connectivity index (χ4n) is 2.59. The molecule has 0 saturated carbocycles.